The van der Waals surface area contributed by atoms with E-state index < -0.39 is 0 Å². The lowest BCUT2D eigenvalue weighted by molar-refractivity contribution is 0.0570. The summed E-state index contributed by atoms with van der Waals surface area (Å²) in [6, 6.07) is 13.8. The summed E-state index contributed by atoms with van der Waals surface area (Å²) >= 11 is 0. The van der Waals surface area contributed by atoms with Crippen molar-refractivity contribution in [3.63, 3.8) is 0 Å². The lowest BCUT2D eigenvalue weighted by Gasteiger charge is -2.34. The quantitative estimate of drug-likeness (QED) is 0.635. The molecule has 0 N–H and O–H groups in total. The highest BCUT2D eigenvalue weighted by Crippen LogP contribution is 2.18. The zero-order valence-electron chi connectivity index (χ0n) is 17.5. The highest BCUT2D eigenvalue weighted by molar-refractivity contribution is 5.94. The molecule has 2 amide bonds. The molecule has 1 fully saturated rings. The molecule has 8 heteroatoms. The van der Waals surface area contributed by atoms with Crippen LogP contribution in [0.5, 0.6) is 0 Å². The van der Waals surface area contributed by atoms with Gasteiger partial charge < -0.3 is 14.5 Å². The van der Waals surface area contributed by atoms with Crippen molar-refractivity contribution in [1.82, 2.24) is 24.6 Å². The first-order chi connectivity index (χ1) is 15.1. The van der Waals surface area contributed by atoms with Gasteiger partial charge in [0, 0.05) is 44.1 Å². The molecule has 0 saturated carbocycles. The van der Waals surface area contributed by atoms with Crippen LogP contribution in [0.25, 0.3) is 11.3 Å². The monoisotopic (exact) mass is 419 g/mol. The molecule has 160 valence electrons. The lowest BCUT2D eigenvalue weighted by atomic mass is 10.1. The van der Waals surface area contributed by atoms with E-state index in [1.807, 2.05) is 35.1 Å². The molecular formula is C23H25N5O3. The number of carbonyl (C=O) groups excluding carboxylic acids is 2. The first-order valence-corrected chi connectivity index (χ1v) is 10.4. The van der Waals surface area contributed by atoms with E-state index in [1.54, 1.807) is 35.2 Å². The number of pyridine rings is 1. The minimum atomic E-state index is -0.326. The molecule has 3 aromatic rings. The molecule has 8 nitrogen and oxygen atoms in total. The van der Waals surface area contributed by atoms with Gasteiger partial charge in [-0.15, -0.1) is 0 Å². The Balaban J connectivity index is 1.36. The largest absolute Gasteiger partial charge is 0.450 e. The van der Waals surface area contributed by atoms with Crippen molar-refractivity contribution in [3.8, 4) is 11.3 Å². The van der Waals surface area contributed by atoms with Crippen molar-refractivity contribution >= 4 is 12.0 Å². The summed E-state index contributed by atoms with van der Waals surface area (Å²) < 4.78 is 6.89. The predicted octanol–water partition coefficient (Wildman–Crippen LogP) is 2.91. The normalized spacial score (nSPS) is 13.8. The van der Waals surface area contributed by atoms with Crippen LogP contribution in [0.15, 0.2) is 61.1 Å². The molecule has 0 aliphatic carbocycles. The van der Waals surface area contributed by atoms with E-state index in [0.717, 1.165) is 11.3 Å². The Bertz CT molecular complexity index is 1020. The molecule has 0 unspecified atom stereocenters. The standard InChI is InChI=1S/C23H25N5O3/c1-2-31-23(30)27-12-10-26(11-13-27)22(29)19-8-9-21(24-14-19)20-15-25-28(17-20)16-18-6-4-3-5-7-18/h3-9,14-15,17H,2,10-13,16H2,1H3. The number of nitrogens with zero attached hydrogens (tertiary/aromatic N) is 5. The third-order valence-corrected chi connectivity index (χ3v) is 5.22. The number of ether oxygens (including phenoxy) is 1. The van der Waals surface area contributed by atoms with Crippen LogP contribution in [-0.4, -0.2) is 69.4 Å². The summed E-state index contributed by atoms with van der Waals surface area (Å²) in [7, 11) is 0. The molecule has 0 atom stereocenters. The fraction of sp³-hybridized carbons (Fsp3) is 0.304. The summed E-state index contributed by atoms with van der Waals surface area (Å²) in [5.41, 5.74) is 3.38. The Morgan fingerprint density at radius 1 is 0.968 bits per heavy atom. The van der Waals surface area contributed by atoms with Gasteiger partial charge in [0.15, 0.2) is 0 Å². The van der Waals surface area contributed by atoms with E-state index in [-0.39, 0.29) is 12.0 Å². The van der Waals surface area contributed by atoms with E-state index in [4.69, 9.17) is 4.74 Å². The van der Waals surface area contributed by atoms with Gasteiger partial charge in [-0.05, 0) is 24.6 Å². The maximum Gasteiger partial charge on any atom is 0.409 e. The first kappa shape index (κ1) is 20.6. The number of carbonyl (C=O) groups is 2. The van der Waals surface area contributed by atoms with Crippen molar-refractivity contribution < 1.29 is 14.3 Å². The summed E-state index contributed by atoms with van der Waals surface area (Å²) in [6.07, 6.45) is 5.00. The Hall–Kier alpha value is -3.68. The van der Waals surface area contributed by atoms with Crippen LogP contribution in [0, 0.1) is 0 Å². The van der Waals surface area contributed by atoms with Crippen LogP contribution < -0.4 is 0 Å². The van der Waals surface area contributed by atoms with E-state index in [2.05, 4.69) is 22.2 Å². The zero-order chi connectivity index (χ0) is 21.6. The summed E-state index contributed by atoms with van der Waals surface area (Å²) in [4.78, 5) is 32.4. The highest BCUT2D eigenvalue weighted by Gasteiger charge is 2.25. The van der Waals surface area contributed by atoms with Crippen LogP contribution in [0.4, 0.5) is 4.79 Å². The maximum absolute atomic E-state index is 12.8. The van der Waals surface area contributed by atoms with Crippen LogP contribution in [-0.2, 0) is 11.3 Å². The number of amides is 2. The van der Waals surface area contributed by atoms with Crippen molar-refractivity contribution in [1.29, 1.82) is 0 Å². The van der Waals surface area contributed by atoms with Gasteiger partial charge in [0.1, 0.15) is 0 Å². The van der Waals surface area contributed by atoms with Gasteiger partial charge >= 0.3 is 6.09 Å². The molecule has 3 heterocycles. The minimum absolute atomic E-state index is 0.0812. The van der Waals surface area contributed by atoms with Gasteiger partial charge in [0.2, 0.25) is 0 Å². The van der Waals surface area contributed by atoms with Crippen LogP contribution in [0.2, 0.25) is 0 Å². The van der Waals surface area contributed by atoms with Gasteiger partial charge in [0.25, 0.3) is 5.91 Å². The topological polar surface area (TPSA) is 80.6 Å². The number of piperazine rings is 1. The Labute approximate surface area is 181 Å². The zero-order valence-corrected chi connectivity index (χ0v) is 17.5. The second-order valence-electron chi connectivity index (χ2n) is 7.32. The van der Waals surface area contributed by atoms with Gasteiger partial charge in [-0.25, -0.2) is 4.79 Å². The van der Waals surface area contributed by atoms with Crippen molar-refractivity contribution in [2.45, 2.75) is 13.5 Å². The second-order valence-corrected chi connectivity index (χ2v) is 7.32. The summed E-state index contributed by atoms with van der Waals surface area (Å²) in [6.45, 7) is 4.71. The SMILES string of the molecule is CCOC(=O)N1CCN(C(=O)c2ccc(-c3cnn(Cc4ccccc4)c3)nc2)CC1. The number of aromatic nitrogens is 3. The highest BCUT2D eigenvalue weighted by atomic mass is 16.6. The molecule has 1 saturated heterocycles. The number of hydrogen-bond donors (Lipinski definition) is 0. The third-order valence-electron chi connectivity index (χ3n) is 5.22. The van der Waals surface area contributed by atoms with Crippen molar-refractivity contribution in [2.75, 3.05) is 32.8 Å². The molecule has 1 aliphatic heterocycles. The lowest BCUT2D eigenvalue weighted by Crippen LogP contribution is -2.50. The molecule has 0 spiro atoms. The third kappa shape index (κ3) is 4.91. The Kier molecular flexibility index (Phi) is 6.26. The number of rotatable bonds is 5. The van der Waals surface area contributed by atoms with Crippen molar-refractivity contribution in [2.24, 2.45) is 0 Å². The average Bonchev–Trinajstić information content (AvgIpc) is 3.28. The van der Waals surface area contributed by atoms with Gasteiger partial charge in [-0.3, -0.25) is 14.5 Å². The van der Waals surface area contributed by atoms with Gasteiger partial charge in [-0.2, -0.15) is 5.10 Å². The molecular weight excluding hydrogens is 394 g/mol. The van der Waals surface area contributed by atoms with Crippen LogP contribution in [0.1, 0.15) is 22.8 Å². The van der Waals surface area contributed by atoms with Crippen LogP contribution >= 0.6 is 0 Å². The Morgan fingerprint density at radius 3 is 2.39 bits per heavy atom. The Morgan fingerprint density at radius 2 is 1.71 bits per heavy atom. The fourth-order valence-corrected chi connectivity index (χ4v) is 3.53. The number of hydrogen-bond acceptors (Lipinski definition) is 5. The van der Waals surface area contributed by atoms with Crippen molar-refractivity contribution in [3.05, 3.63) is 72.2 Å². The van der Waals surface area contributed by atoms with E-state index >= 15 is 0 Å². The minimum Gasteiger partial charge on any atom is -0.450 e. The summed E-state index contributed by atoms with van der Waals surface area (Å²) in [5, 5.41) is 4.41. The van der Waals surface area contributed by atoms with E-state index in [0.29, 0.717) is 44.9 Å². The predicted molar refractivity (Wildman–Crippen MR) is 116 cm³/mol. The van der Waals surface area contributed by atoms with Gasteiger partial charge in [-0.1, -0.05) is 30.3 Å². The molecule has 0 radical (unpaired) electrons. The second kappa shape index (κ2) is 9.42. The molecule has 31 heavy (non-hydrogen) atoms. The maximum atomic E-state index is 12.8. The molecule has 1 aliphatic rings. The molecule has 0 bridgehead atoms. The summed E-state index contributed by atoms with van der Waals surface area (Å²) in [5.74, 6) is -0.0812. The average molecular weight is 419 g/mol. The smallest absolute Gasteiger partial charge is 0.409 e. The molecule has 2 aromatic heterocycles. The van der Waals surface area contributed by atoms with E-state index in [9.17, 15) is 9.59 Å². The van der Waals surface area contributed by atoms with E-state index in [1.165, 1.54) is 5.56 Å². The molecule has 1 aromatic carbocycles. The fourth-order valence-electron chi connectivity index (χ4n) is 3.53. The first-order valence-electron chi connectivity index (χ1n) is 10.4. The van der Waals surface area contributed by atoms with Crippen LogP contribution in [0.3, 0.4) is 0 Å². The molecule has 4 rings (SSSR count). The van der Waals surface area contributed by atoms with Gasteiger partial charge in [0.05, 0.1) is 30.6 Å². The number of benzene rings is 1.